The Labute approximate surface area is 194 Å². The fraction of sp³-hybridized carbons (Fsp3) is 0.304. The Morgan fingerprint density at radius 3 is 2.50 bits per heavy atom. The normalized spacial score (nSPS) is 12.7. The summed E-state index contributed by atoms with van der Waals surface area (Å²) in [5.41, 5.74) is 1.75. The number of nitrogens with one attached hydrogen (secondary N) is 2. The first kappa shape index (κ1) is 26.7. The number of carbonyl (C=O) groups is 2. The van der Waals surface area contributed by atoms with E-state index in [-0.39, 0.29) is 18.9 Å². The van der Waals surface area contributed by atoms with E-state index in [0.29, 0.717) is 30.2 Å². The first-order valence-corrected chi connectivity index (χ1v) is 10.3. The number of anilines is 1. The van der Waals surface area contributed by atoms with Crippen LogP contribution in [0, 0.1) is 11.6 Å². The lowest BCUT2D eigenvalue weighted by Gasteiger charge is -2.26. The molecule has 0 aliphatic heterocycles. The molecular formula is C23H26F2N2O7. The second kappa shape index (κ2) is 13.9. The van der Waals surface area contributed by atoms with Gasteiger partial charge in [0.2, 0.25) is 0 Å². The number of carbonyl (C=O) groups excluding carboxylic acids is 2. The topological polar surface area (TPSA) is 126 Å². The van der Waals surface area contributed by atoms with Crippen LogP contribution in [0.25, 0.3) is 0 Å². The number of allylic oxidation sites excluding steroid dienone is 1. The molecule has 2 amide bonds. The van der Waals surface area contributed by atoms with Crippen molar-refractivity contribution in [2.24, 2.45) is 0 Å². The summed E-state index contributed by atoms with van der Waals surface area (Å²) >= 11 is 0. The second-order valence-electron chi connectivity index (χ2n) is 6.95. The van der Waals surface area contributed by atoms with E-state index in [2.05, 4.69) is 5.32 Å². The number of ether oxygens (including phenoxy) is 3. The molecule has 2 aromatic carbocycles. The van der Waals surface area contributed by atoms with Crippen LogP contribution in [0.15, 0.2) is 54.6 Å². The molecule has 11 heteroatoms. The van der Waals surface area contributed by atoms with Crippen molar-refractivity contribution in [3.05, 3.63) is 71.8 Å². The molecule has 0 spiro atoms. The SMILES string of the molecule is CO[C@H](CC/C=C/C(=O)NO)[C@H](OC(=O)Nc1ccc(F)cc1F)c1ccc(OCCO)cc1. The van der Waals surface area contributed by atoms with Gasteiger partial charge in [0.1, 0.15) is 24.0 Å². The fourth-order valence-electron chi connectivity index (χ4n) is 3.00. The van der Waals surface area contributed by atoms with Crippen LogP contribution >= 0.6 is 0 Å². The van der Waals surface area contributed by atoms with Crippen LogP contribution in [0.5, 0.6) is 5.75 Å². The van der Waals surface area contributed by atoms with Gasteiger partial charge in [0.15, 0.2) is 6.10 Å². The standard InChI is InChI=1S/C23H26F2N2O7/c1-32-20(4-2-3-5-21(29)27-31)22(15-6-9-17(10-7-15)33-13-12-28)34-23(30)26-19-11-8-16(24)14-18(19)25/h3,5-11,14,20,22,28,31H,2,4,12-13H2,1H3,(H,26,30)(H,27,29)/b5-3+/t20-,22-/m1/s1. The van der Waals surface area contributed by atoms with Gasteiger partial charge in [-0.1, -0.05) is 18.2 Å². The number of benzene rings is 2. The molecule has 0 saturated carbocycles. The molecule has 2 aromatic rings. The van der Waals surface area contributed by atoms with Gasteiger partial charge in [0, 0.05) is 19.3 Å². The number of methoxy groups -OCH3 is 1. The van der Waals surface area contributed by atoms with Gasteiger partial charge in [0.25, 0.3) is 5.91 Å². The molecule has 0 bridgehead atoms. The van der Waals surface area contributed by atoms with Crippen LogP contribution in [0.2, 0.25) is 0 Å². The highest BCUT2D eigenvalue weighted by Crippen LogP contribution is 2.29. The molecule has 0 aromatic heterocycles. The fourth-order valence-corrected chi connectivity index (χ4v) is 3.00. The molecule has 0 unspecified atom stereocenters. The van der Waals surface area contributed by atoms with E-state index in [9.17, 15) is 18.4 Å². The van der Waals surface area contributed by atoms with Gasteiger partial charge >= 0.3 is 6.09 Å². The monoisotopic (exact) mass is 480 g/mol. The molecule has 9 nitrogen and oxygen atoms in total. The van der Waals surface area contributed by atoms with E-state index in [0.717, 1.165) is 18.2 Å². The smallest absolute Gasteiger partial charge is 0.412 e. The molecule has 184 valence electrons. The lowest BCUT2D eigenvalue weighted by atomic mass is 10.00. The molecule has 4 N–H and O–H groups in total. The predicted octanol–water partition coefficient (Wildman–Crippen LogP) is 3.48. The molecule has 0 fully saturated rings. The summed E-state index contributed by atoms with van der Waals surface area (Å²) in [6, 6.07) is 9.22. The molecule has 0 aliphatic rings. The van der Waals surface area contributed by atoms with E-state index in [1.807, 2.05) is 0 Å². The van der Waals surface area contributed by atoms with Crippen LogP contribution in [0.3, 0.4) is 0 Å². The highest BCUT2D eigenvalue weighted by atomic mass is 19.1. The maximum Gasteiger partial charge on any atom is 0.412 e. The average Bonchev–Trinajstić information content (AvgIpc) is 2.83. The van der Waals surface area contributed by atoms with Crippen LogP contribution < -0.4 is 15.5 Å². The summed E-state index contributed by atoms with van der Waals surface area (Å²) in [4.78, 5) is 23.6. The number of halogens is 2. The Hall–Kier alpha value is -3.54. The number of aliphatic hydroxyl groups excluding tert-OH is 1. The van der Waals surface area contributed by atoms with Crippen molar-refractivity contribution in [1.29, 1.82) is 0 Å². The van der Waals surface area contributed by atoms with Gasteiger partial charge in [0.05, 0.1) is 18.4 Å². The Morgan fingerprint density at radius 1 is 1.15 bits per heavy atom. The zero-order valence-corrected chi connectivity index (χ0v) is 18.4. The average molecular weight is 480 g/mol. The quantitative estimate of drug-likeness (QED) is 0.208. The minimum Gasteiger partial charge on any atom is -0.491 e. The summed E-state index contributed by atoms with van der Waals surface area (Å²) in [5, 5.41) is 19.7. The third-order valence-corrected chi connectivity index (χ3v) is 4.61. The molecule has 0 saturated heterocycles. The van der Waals surface area contributed by atoms with Gasteiger partial charge in [-0.3, -0.25) is 15.3 Å². The van der Waals surface area contributed by atoms with Crippen molar-refractivity contribution in [2.45, 2.75) is 25.0 Å². The van der Waals surface area contributed by atoms with Gasteiger partial charge in [-0.05, 0) is 42.7 Å². The van der Waals surface area contributed by atoms with Crippen LogP contribution in [-0.2, 0) is 14.3 Å². The molecule has 0 heterocycles. The first-order chi connectivity index (χ1) is 16.4. The van der Waals surface area contributed by atoms with Crippen molar-refractivity contribution in [1.82, 2.24) is 5.48 Å². The van der Waals surface area contributed by atoms with Crippen molar-refractivity contribution in [3.8, 4) is 5.75 Å². The van der Waals surface area contributed by atoms with E-state index < -0.39 is 35.8 Å². The number of rotatable bonds is 12. The second-order valence-corrected chi connectivity index (χ2v) is 6.95. The minimum absolute atomic E-state index is 0.110. The number of hydrogen-bond donors (Lipinski definition) is 4. The zero-order valence-electron chi connectivity index (χ0n) is 18.4. The lowest BCUT2D eigenvalue weighted by molar-refractivity contribution is -0.124. The van der Waals surface area contributed by atoms with Crippen LogP contribution in [-0.4, -0.2) is 48.7 Å². The van der Waals surface area contributed by atoms with E-state index in [1.165, 1.54) is 18.7 Å². The van der Waals surface area contributed by atoms with E-state index >= 15 is 0 Å². The Bertz CT molecular complexity index is 970. The highest BCUT2D eigenvalue weighted by Gasteiger charge is 2.27. The molecule has 0 radical (unpaired) electrons. The molecule has 34 heavy (non-hydrogen) atoms. The first-order valence-electron chi connectivity index (χ1n) is 10.3. The third-order valence-electron chi connectivity index (χ3n) is 4.61. The number of hydrogen-bond acceptors (Lipinski definition) is 7. The van der Waals surface area contributed by atoms with E-state index in [4.69, 9.17) is 24.5 Å². The summed E-state index contributed by atoms with van der Waals surface area (Å²) in [5.74, 6) is -1.96. The van der Waals surface area contributed by atoms with Gasteiger partial charge in [-0.2, -0.15) is 0 Å². The lowest BCUT2D eigenvalue weighted by Crippen LogP contribution is -2.28. The highest BCUT2D eigenvalue weighted by molar-refractivity contribution is 5.86. The summed E-state index contributed by atoms with van der Waals surface area (Å²) in [6.07, 6.45) is 0.701. The van der Waals surface area contributed by atoms with Crippen molar-refractivity contribution < 1.29 is 42.9 Å². The third kappa shape index (κ3) is 8.43. The Morgan fingerprint density at radius 2 is 1.88 bits per heavy atom. The van der Waals surface area contributed by atoms with Crippen molar-refractivity contribution in [2.75, 3.05) is 25.6 Å². The largest absolute Gasteiger partial charge is 0.491 e. The van der Waals surface area contributed by atoms with Crippen molar-refractivity contribution in [3.63, 3.8) is 0 Å². The van der Waals surface area contributed by atoms with Gasteiger partial charge < -0.3 is 19.3 Å². The van der Waals surface area contributed by atoms with E-state index in [1.54, 1.807) is 24.3 Å². The number of aliphatic hydroxyl groups is 1. The maximum atomic E-state index is 13.9. The van der Waals surface area contributed by atoms with Crippen LogP contribution in [0.1, 0.15) is 24.5 Å². The molecule has 0 aliphatic carbocycles. The Kier molecular flexibility index (Phi) is 10.9. The Balaban J connectivity index is 2.19. The molecule has 2 rings (SSSR count). The molecule has 2 atom stereocenters. The number of amides is 2. The maximum absolute atomic E-state index is 13.9. The number of hydroxylamine groups is 1. The van der Waals surface area contributed by atoms with Gasteiger partial charge in [-0.25, -0.2) is 19.1 Å². The van der Waals surface area contributed by atoms with Gasteiger partial charge in [-0.15, -0.1) is 0 Å². The summed E-state index contributed by atoms with van der Waals surface area (Å²) in [7, 11) is 1.42. The van der Waals surface area contributed by atoms with Crippen LogP contribution in [0.4, 0.5) is 19.3 Å². The van der Waals surface area contributed by atoms with Crippen molar-refractivity contribution >= 4 is 17.7 Å². The summed E-state index contributed by atoms with van der Waals surface area (Å²) < 4.78 is 43.4. The predicted molar refractivity (Wildman–Crippen MR) is 117 cm³/mol. The minimum atomic E-state index is -0.992. The zero-order chi connectivity index (χ0) is 24.9. The summed E-state index contributed by atoms with van der Waals surface area (Å²) in [6.45, 7) is -0.0411. The molecular weight excluding hydrogens is 454 g/mol.